The monoisotopic (exact) mass is 255 g/mol. The average molecular weight is 255 g/mol. The van der Waals surface area contributed by atoms with E-state index in [1.807, 2.05) is 0 Å². The van der Waals surface area contributed by atoms with Crippen molar-refractivity contribution < 1.29 is 9.26 Å². The third-order valence-electron chi connectivity index (χ3n) is 3.00. The summed E-state index contributed by atoms with van der Waals surface area (Å²) in [7, 11) is 1.67. The van der Waals surface area contributed by atoms with Crippen molar-refractivity contribution in [1.82, 2.24) is 15.5 Å². The van der Waals surface area contributed by atoms with Crippen LogP contribution < -0.4 is 5.32 Å². The number of rotatable bonds is 8. The summed E-state index contributed by atoms with van der Waals surface area (Å²) in [4.78, 5) is 4.43. The van der Waals surface area contributed by atoms with Crippen molar-refractivity contribution in [2.24, 2.45) is 5.92 Å². The highest BCUT2D eigenvalue weighted by molar-refractivity contribution is 4.94. The summed E-state index contributed by atoms with van der Waals surface area (Å²) in [6, 6.07) is 0.392. The molecule has 0 saturated heterocycles. The van der Waals surface area contributed by atoms with E-state index in [4.69, 9.17) is 9.26 Å². The number of nitrogens with one attached hydrogen (secondary N) is 1. The second-order valence-electron chi connectivity index (χ2n) is 4.81. The van der Waals surface area contributed by atoms with E-state index in [9.17, 15) is 0 Å². The molecule has 0 fully saturated rings. The van der Waals surface area contributed by atoms with Crippen LogP contribution >= 0.6 is 0 Å². The molecule has 2 unspecified atom stereocenters. The van der Waals surface area contributed by atoms with E-state index in [-0.39, 0.29) is 6.10 Å². The second kappa shape index (κ2) is 7.48. The Morgan fingerprint density at radius 1 is 1.33 bits per heavy atom. The molecule has 0 aliphatic rings. The summed E-state index contributed by atoms with van der Waals surface area (Å²) < 4.78 is 10.7. The number of methoxy groups -OCH3 is 1. The molecule has 0 aromatic carbocycles. The molecule has 0 bridgehead atoms. The Kier molecular flexibility index (Phi) is 6.29. The van der Waals surface area contributed by atoms with E-state index >= 15 is 0 Å². The Hall–Kier alpha value is -0.940. The SMILES string of the molecule is CCNC(CC)Cc1nc(C(OC)C(C)C)no1. The third-order valence-corrected chi connectivity index (χ3v) is 3.00. The van der Waals surface area contributed by atoms with Crippen molar-refractivity contribution in [3.63, 3.8) is 0 Å². The minimum absolute atomic E-state index is 0.0956. The van der Waals surface area contributed by atoms with Crippen LogP contribution in [0.5, 0.6) is 0 Å². The van der Waals surface area contributed by atoms with Crippen molar-refractivity contribution >= 4 is 0 Å². The van der Waals surface area contributed by atoms with Crippen LogP contribution in [0.1, 0.15) is 51.9 Å². The first kappa shape index (κ1) is 15.1. The highest BCUT2D eigenvalue weighted by Crippen LogP contribution is 2.22. The Bertz CT molecular complexity index is 339. The van der Waals surface area contributed by atoms with Crippen LogP contribution in [0.25, 0.3) is 0 Å². The number of nitrogens with zero attached hydrogens (tertiary/aromatic N) is 2. The third kappa shape index (κ3) is 4.07. The second-order valence-corrected chi connectivity index (χ2v) is 4.81. The molecule has 104 valence electrons. The molecule has 18 heavy (non-hydrogen) atoms. The summed E-state index contributed by atoms with van der Waals surface area (Å²) in [5, 5.41) is 7.41. The maximum absolute atomic E-state index is 5.39. The summed E-state index contributed by atoms with van der Waals surface area (Å²) in [6.07, 6.45) is 1.72. The van der Waals surface area contributed by atoms with Gasteiger partial charge in [0.1, 0.15) is 6.10 Å². The lowest BCUT2D eigenvalue weighted by Crippen LogP contribution is -2.30. The van der Waals surface area contributed by atoms with Gasteiger partial charge >= 0.3 is 0 Å². The van der Waals surface area contributed by atoms with Gasteiger partial charge in [0, 0.05) is 19.6 Å². The minimum atomic E-state index is -0.0956. The highest BCUT2D eigenvalue weighted by atomic mass is 16.5. The van der Waals surface area contributed by atoms with E-state index in [1.165, 1.54) is 0 Å². The summed E-state index contributed by atoms with van der Waals surface area (Å²) in [5.74, 6) is 1.66. The van der Waals surface area contributed by atoms with Gasteiger partial charge in [-0.3, -0.25) is 0 Å². The zero-order valence-corrected chi connectivity index (χ0v) is 12.1. The molecule has 1 heterocycles. The standard InChI is InChI=1S/C13H25N3O2/c1-6-10(14-7-2)8-11-15-13(16-18-11)12(17-5)9(3)4/h9-10,12,14H,6-8H2,1-5H3. The number of hydrogen-bond donors (Lipinski definition) is 1. The lowest BCUT2D eigenvalue weighted by Gasteiger charge is -2.14. The van der Waals surface area contributed by atoms with Gasteiger partial charge in [0.15, 0.2) is 0 Å². The summed E-state index contributed by atoms with van der Waals surface area (Å²) in [5.41, 5.74) is 0. The maximum atomic E-state index is 5.39. The fourth-order valence-corrected chi connectivity index (χ4v) is 2.00. The van der Waals surface area contributed by atoms with Crippen LogP contribution in [0.3, 0.4) is 0 Å². The Morgan fingerprint density at radius 2 is 2.06 bits per heavy atom. The maximum Gasteiger partial charge on any atom is 0.228 e. The molecular weight excluding hydrogens is 230 g/mol. The fourth-order valence-electron chi connectivity index (χ4n) is 2.00. The normalized spacial score (nSPS) is 15.0. The molecule has 0 saturated carbocycles. The molecule has 2 atom stereocenters. The average Bonchev–Trinajstić information content (AvgIpc) is 2.77. The predicted molar refractivity (Wildman–Crippen MR) is 70.3 cm³/mol. The molecule has 0 aliphatic heterocycles. The Labute approximate surface area is 109 Å². The Morgan fingerprint density at radius 3 is 2.56 bits per heavy atom. The predicted octanol–water partition coefficient (Wildman–Crippen LogP) is 2.34. The van der Waals surface area contributed by atoms with E-state index in [0.29, 0.717) is 23.7 Å². The highest BCUT2D eigenvalue weighted by Gasteiger charge is 2.22. The van der Waals surface area contributed by atoms with Gasteiger partial charge < -0.3 is 14.6 Å². The molecular formula is C13H25N3O2. The largest absolute Gasteiger partial charge is 0.373 e. The first-order valence-corrected chi connectivity index (χ1v) is 6.70. The van der Waals surface area contributed by atoms with Crippen LogP contribution in [0, 0.1) is 5.92 Å². The van der Waals surface area contributed by atoms with Gasteiger partial charge in [0.25, 0.3) is 0 Å². The van der Waals surface area contributed by atoms with Gasteiger partial charge in [0.2, 0.25) is 11.7 Å². The number of aromatic nitrogens is 2. The number of hydrogen-bond acceptors (Lipinski definition) is 5. The van der Waals surface area contributed by atoms with Crippen LogP contribution in [0.15, 0.2) is 4.52 Å². The quantitative estimate of drug-likeness (QED) is 0.772. The first-order valence-electron chi connectivity index (χ1n) is 6.70. The van der Waals surface area contributed by atoms with E-state index in [1.54, 1.807) is 7.11 Å². The van der Waals surface area contributed by atoms with Crippen LogP contribution in [-0.4, -0.2) is 29.8 Å². The minimum Gasteiger partial charge on any atom is -0.373 e. The van der Waals surface area contributed by atoms with Crippen molar-refractivity contribution in [2.75, 3.05) is 13.7 Å². The van der Waals surface area contributed by atoms with E-state index in [2.05, 4.69) is 43.2 Å². The molecule has 5 heteroatoms. The molecule has 5 nitrogen and oxygen atoms in total. The van der Waals surface area contributed by atoms with Gasteiger partial charge in [-0.05, 0) is 18.9 Å². The zero-order valence-electron chi connectivity index (χ0n) is 12.1. The summed E-state index contributed by atoms with van der Waals surface area (Å²) >= 11 is 0. The van der Waals surface area contributed by atoms with E-state index < -0.39 is 0 Å². The topological polar surface area (TPSA) is 60.2 Å². The molecule has 1 aromatic rings. The van der Waals surface area contributed by atoms with Crippen LogP contribution in [0.2, 0.25) is 0 Å². The lowest BCUT2D eigenvalue weighted by atomic mass is 10.1. The zero-order chi connectivity index (χ0) is 13.5. The molecule has 1 aromatic heterocycles. The van der Waals surface area contributed by atoms with Crippen LogP contribution in [0.4, 0.5) is 0 Å². The van der Waals surface area contributed by atoms with Crippen molar-refractivity contribution in [3.8, 4) is 0 Å². The van der Waals surface area contributed by atoms with Gasteiger partial charge in [0.05, 0.1) is 0 Å². The van der Waals surface area contributed by atoms with Crippen molar-refractivity contribution in [3.05, 3.63) is 11.7 Å². The van der Waals surface area contributed by atoms with Gasteiger partial charge in [-0.25, -0.2) is 0 Å². The van der Waals surface area contributed by atoms with Gasteiger partial charge in [-0.2, -0.15) is 4.98 Å². The summed E-state index contributed by atoms with van der Waals surface area (Å²) in [6.45, 7) is 9.36. The van der Waals surface area contributed by atoms with Crippen molar-refractivity contribution in [1.29, 1.82) is 0 Å². The Balaban J connectivity index is 2.67. The first-order chi connectivity index (χ1) is 8.62. The van der Waals surface area contributed by atoms with Gasteiger partial charge in [-0.1, -0.05) is 32.9 Å². The van der Waals surface area contributed by atoms with Crippen molar-refractivity contribution in [2.45, 2.75) is 52.7 Å². The molecule has 0 amide bonds. The number of likely N-dealkylation sites (N-methyl/N-ethyl adjacent to an activating group) is 1. The van der Waals surface area contributed by atoms with E-state index in [0.717, 1.165) is 19.4 Å². The molecule has 1 rings (SSSR count). The molecule has 0 radical (unpaired) electrons. The fraction of sp³-hybridized carbons (Fsp3) is 0.846. The lowest BCUT2D eigenvalue weighted by molar-refractivity contribution is 0.0555. The molecule has 1 N–H and O–H groups in total. The smallest absolute Gasteiger partial charge is 0.228 e. The number of ether oxygens (including phenoxy) is 1. The molecule has 0 spiro atoms. The van der Waals surface area contributed by atoms with Gasteiger partial charge in [-0.15, -0.1) is 0 Å². The van der Waals surface area contributed by atoms with Crippen LogP contribution in [-0.2, 0) is 11.2 Å². The molecule has 0 aliphatic carbocycles.